The van der Waals surface area contributed by atoms with Crippen LogP contribution in [0.3, 0.4) is 0 Å². The Balaban J connectivity index is 3.38. The molecule has 1 aromatic rings. The fourth-order valence-electron chi connectivity index (χ4n) is 1.65. The summed E-state index contributed by atoms with van der Waals surface area (Å²) >= 11 is 0. The van der Waals surface area contributed by atoms with E-state index in [0.29, 0.717) is 11.1 Å². The largest absolute Gasteiger partial charge is 0.496 e. The molecule has 0 fully saturated rings. The van der Waals surface area contributed by atoms with Gasteiger partial charge >= 0.3 is 0 Å². The number of aliphatic hydroxyl groups is 1. The molecular weight excluding hydrogens is 216 g/mol. The highest BCUT2D eigenvalue weighted by Gasteiger charge is 2.22. The lowest BCUT2D eigenvalue weighted by Crippen LogP contribution is -2.14. The van der Waals surface area contributed by atoms with Crippen LogP contribution in [0, 0.1) is 6.92 Å². The maximum absolute atomic E-state index is 12.7. The van der Waals surface area contributed by atoms with Crippen LogP contribution in [0.4, 0.5) is 8.78 Å². The highest BCUT2D eigenvalue weighted by atomic mass is 19.3. The Bertz CT molecular complexity index is 369. The van der Waals surface area contributed by atoms with Gasteiger partial charge in [-0.3, -0.25) is 0 Å². The SMILES string of the molecule is COc1c(C(F)F)ccc(C)c1C(O)CN. The van der Waals surface area contributed by atoms with Crippen LogP contribution in [0.1, 0.15) is 29.2 Å². The van der Waals surface area contributed by atoms with Crippen molar-refractivity contribution in [3.63, 3.8) is 0 Å². The van der Waals surface area contributed by atoms with Gasteiger partial charge in [0, 0.05) is 12.1 Å². The van der Waals surface area contributed by atoms with Gasteiger partial charge in [0.25, 0.3) is 6.43 Å². The van der Waals surface area contributed by atoms with Gasteiger partial charge in [-0.25, -0.2) is 8.78 Å². The molecule has 1 unspecified atom stereocenters. The van der Waals surface area contributed by atoms with Crippen molar-refractivity contribution in [1.82, 2.24) is 0 Å². The molecule has 3 N–H and O–H groups in total. The molecule has 3 nitrogen and oxygen atoms in total. The Morgan fingerprint density at radius 3 is 2.50 bits per heavy atom. The number of alkyl halides is 2. The molecule has 5 heteroatoms. The van der Waals surface area contributed by atoms with Crippen LogP contribution < -0.4 is 10.5 Å². The molecule has 1 atom stereocenters. The number of halogens is 2. The van der Waals surface area contributed by atoms with E-state index in [1.54, 1.807) is 6.92 Å². The quantitative estimate of drug-likeness (QED) is 0.832. The summed E-state index contributed by atoms with van der Waals surface area (Å²) in [6, 6.07) is 2.82. The van der Waals surface area contributed by atoms with Crippen molar-refractivity contribution < 1.29 is 18.6 Å². The predicted molar refractivity (Wildman–Crippen MR) is 56.7 cm³/mol. The molecule has 0 radical (unpaired) electrons. The first kappa shape index (κ1) is 12.9. The van der Waals surface area contributed by atoms with E-state index in [4.69, 9.17) is 10.5 Å². The second-order valence-corrected chi connectivity index (χ2v) is 3.47. The van der Waals surface area contributed by atoms with E-state index in [0.717, 1.165) is 0 Å². The second-order valence-electron chi connectivity index (χ2n) is 3.47. The molecular formula is C11H15F2NO2. The Morgan fingerprint density at radius 1 is 1.44 bits per heavy atom. The first-order chi connectivity index (χ1) is 7.52. The van der Waals surface area contributed by atoms with Crippen LogP contribution in [0.25, 0.3) is 0 Å². The third-order valence-corrected chi connectivity index (χ3v) is 2.44. The molecule has 0 saturated heterocycles. The average molecular weight is 231 g/mol. The zero-order chi connectivity index (χ0) is 12.3. The van der Waals surface area contributed by atoms with Gasteiger partial charge in [0.05, 0.1) is 18.8 Å². The normalized spacial score (nSPS) is 12.9. The third kappa shape index (κ3) is 2.31. The molecule has 90 valence electrons. The summed E-state index contributed by atoms with van der Waals surface area (Å²) in [5.41, 5.74) is 6.12. The molecule has 0 saturated carbocycles. The fraction of sp³-hybridized carbons (Fsp3) is 0.455. The van der Waals surface area contributed by atoms with E-state index in [-0.39, 0.29) is 17.9 Å². The average Bonchev–Trinajstić information content (AvgIpc) is 2.26. The Morgan fingerprint density at radius 2 is 2.06 bits per heavy atom. The van der Waals surface area contributed by atoms with Gasteiger partial charge in [-0.1, -0.05) is 6.07 Å². The van der Waals surface area contributed by atoms with Crippen molar-refractivity contribution >= 4 is 0 Å². The van der Waals surface area contributed by atoms with Gasteiger partial charge in [-0.2, -0.15) is 0 Å². The Hall–Kier alpha value is -1.20. The van der Waals surface area contributed by atoms with Crippen molar-refractivity contribution in [2.45, 2.75) is 19.5 Å². The van der Waals surface area contributed by atoms with Crippen LogP contribution in [0.15, 0.2) is 12.1 Å². The van der Waals surface area contributed by atoms with Gasteiger partial charge in [-0.15, -0.1) is 0 Å². The lowest BCUT2D eigenvalue weighted by atomic mass is 9.98. The number of aryl methyl sites for hydroxylation is 1. The Labute approximate surface area is 92.8 Å². The first-order valence-corrected chi connectivity index (χ1v) is 4.86. The highest BCUT2D eigenvalue weighted by Crippen LogP contribution is 2.36. The Kier molecular flexibility index (Phi) is 4.20. The summed E-state index contributed by atoms with van der Waals surface area (Å²) in [5, 5.41) is 9.68. The van der Waals surface area contributed by atoms with Crippen molar-refractivity contribution in [2.75, 3.05) is 13.7 Å². The number of aliphatic hydroxyl groups excluding tert-OH is 1. The van der Waals surface area contributed by atoms with E-state index in [1.165, 1.54) is 19.2 Å². The maximum atomic E-state index is 12.7. The number of hydrogen-bond acceptors (Lipinski definition) is 3. The molecule has 1 aromatic carbocycles. The predicted octanol–water partition coefficient (Wildman–Crippen LogP) is 1.93. The van der Waals surface area contributed by atoms with Crippen LogP contribution in [0.2, 0.25) is 0 Å². The number of hydrogen-bond donors (Lipinski definition) is 2. The molecule has 0 spiro atoms. The van der Waals surface area contributed by atoms with E-state index in [1.807, 2.05) is 0 Å². The molecule has 0 aliphatic carbocycles. The monoisotopic (exact) mass is 231 g/mol. The summed E-state index contributed by atoms with van der Waals surface area (Å²) in [6.07, 6.45) is -3.63. The van der Waals surface area contributed by atoms with Crippen molar-refractivity contribution in [3.05, 3.63) is 28.8 Å². The molecule has 0 heterocycles. The molecule has 0 aliphatic rings. The summed E-state index contributed by atoms with van der Waals surface area (Å²) in [4.78, 5) is 0. The topological polar surface area (TPSA) is 55.5 Å². The zero-order valence-corrected chi connectivity index (χ0v) is 9.21. The molecule has 16 heavy (non-hydrogen) atoms. The van der Waals surface area contributed by atoms with E-state index in [2.05, 4.69) is 0 Å². The maximum Gasteiger partial charge on any atom is 0.267 e. The lowest BCUT2D eigenvalue weighted by Gasteiger charge is -2.18. The summed E-state index contributed by atoms with van der Waals surface area (Å²) < 4.78 is 30.3. The van der Waals surface area contributed by atoms with Gasteiger partial charge in [0.15, 0.2) is 0 Å². The molecule has 1 rings (SSSR count). The minimum atomic E-state index is -2.64. The first-order valence-electron chi connectivity index (χ1n) is 4.86. The zero-order valence-electron chi connectivity index (χ0n) is 9.21. The molecule has 0 amide bonds. The van der Waals surface area contributed by atoms with Gasteiger partial charge in [0.2, 0.25) is 0 Å². The number of ether oxygens (including phenoxy) is 1. The lowest BCUT2D eigenvalue weighted by molar-refractivity contribution is 0.144. The number of nitrogens with two attached hydrogens (primary N) is 1. The van der Waals surface area contributed by atoms with E-state index in [9.17, 15) is 13.9 Å². The van der Waals surface area contributed by atoms with Crippen LogP contribution in [-0.2, 0) is 0 Å². The van der Waals surface area contributed by atoms with Crippen molar-refractivity contribution in [1.29, 1.82) is 0 Å². The standard InChI is InChI=1S/C11H15F2NO2/c1-6-3-4-7(11(12)13)10(16-2)9(6)8(15)5-14/h3-4,8,11,15H,5,14H2,1-2H3. The number of methoxy groups -OCH3 is 1. The number of benzene rings is 1. The van der Waals surface area contributed by atoms with Gasteiger partial charge in [-0.05, 0) is 18.6 Å². The second kappa shape index (κ2) is 5.23. The van der Waals surface area contributed by atoms with Crippen molar-refractivity contribution in [3.8, 4) is 5.75 Å². The van der Waals surface area contributed by atoms with Crippen molar-refractivity contribution in [2.24, 2.45) is 5.73 Å². The summed E-state index contributed by atoms with van der Waals surface area (Å²) in [6.45, 7) is 1.68. The molecule has 0 aliphatic heterocycles. The minimum Gasteiger partial charge on any atom is -0.496 e. The molecule has 0 bridgehead atoms. The third-order valence-electron chi connectivity index (χ3n) is 2.44. The molecule has 0 aromatic heterocycles. The summed E-state index contributed by atoms with van der Waals surface area (Å²) in [5.74, 6) is 0.0213. The van der Waals surface area contributed by atoms with E-state index >= 15 is 0 Å². The minimum absolute atomic E-state index is 0.0213. The van der Waals surface area contributed by atoms with E-state index < -0.39 is 12.5 Å². The smallest absolute Gasteiger partial charge is 0.267 e. The van der Waals surface area contributed by atoms with Crippen LogP contribution >= 0.6 is 0 Å². The van der Waals surface area contributed by atoms with Crippen LogP contribution in [-0.4, -0.2) is 18.8 Å². The van der Waals surface area contributed by atoms with Crippen LogP contribution in [0.5, 0.6) is 5.75 Å². The summed E-state index contributed by atoms with van der Waals surface area (Å²) in [7, 11) is 1.30. The van der Waals surface area contributed by atoms with Gasteiger partial charge in [0.1, 0.15) is 5.75 Å². The van der Waals surface area contributed by atoms with Gasteiger partial charge < -0.3 is 15.6 Å². The number of rotatable bonds is 4. The fourth-order valence-corrected chi connectivity index (χ4v) is 1.65. The highest BCUT2D eigenvalue weighted by molar-refractivity contribution is 5.48.